The molecule has 12 heavy (non-hydrogen) atoms. The lowest BCUT2D eigenvalue weighted by Gasteiger charge is -2.25. The van der Waals surface area contributed by atoms with E-state index in [2.05, 4.69) is 13.8 Å². The van der Waals surface area contributed by atoms with Crippen LogP contribution in [-0.2, 0) is 0 Å². The zero-order valence-electron chi connectivity index (χ0n) is 8.01. The monoisotopic (exact) mass is 166 g/mol. The number of aliphatic hydroxyl groups is 1. The normalized spacial score (nSPS) is 41.8. The second kappa shape index (κ2) is 2.88. The van der Waals surface area contributed by atoms with Crippen LogP contribution in [0.1, 0.15) is 39.5 Å². The summed E-state index contributed by atoms with van der Waals surface area (Å²) in [6, 6.07) is 0. The average molecular weight is 166 g/mol. The Balaban J connectivity index is 2.27. The zero-order valence-corrected chi connectivity index (χ0v) is 8.01. The summed E-state index contributed by atoms with van der Waals surface area (Å²) in [6.07, 6.45) is 5.12. The first-order valence-electron chi connectivity index (χ1n) is 5.09. The fourth-order valence-electron chi connectivity index (χ4n) is 2.91. The summed E-state index contributed by atoms with van der Waals surface area (Å²) >= 11 is 0. The Labute approximate surface area is 74.5 Å². The maximum atomic E-state index is 9.84. The lowest BCUT2D eigenvalue weighted by Crippen LogP contribution is -2.19. The van der Waals surface area contributed by atoms with Gasteiger partial charge in [-0.2, -0.15) is 0 Å². The van der Waals surface area contributed by atoms with Crippen molar-refractivity contribution in [1.82, 2.24) is 0 Å². The van der Waals surface area contributed by atoms with Gasteiger partial charge in [0.1, 0.15) is 0 Å². The summed E-state index contributed by atoms with van der Waals surface area (Å²) in [4.78, 5) is 0. The number of rotatable bonds is 0. The molecule has 2 aliphatic carbocycles. The SMILES string of the molecule is CC1=C2CCCCC2C(C)C1O. The van der Waals surface area contributed by atoms with Crippen LogP contribution < -0.4 is 0 Å². The van der Waals surface area contributed by atoms with E-state index >= 15 is 0 Å². The highest BCUT2D eigenvalue weighted by Crippen LogP contribution is 2.44. The standard InChI is InChI=1S/C11H18O/c1-7-9-5-3-4-6-10(9)8(2)11(7)12/h7,9,11-12H,3-6H2,1-2H3. The second-order valence-electron chi connectivity index (χ2n) is 4.36. The van der Waals surface area contributed by atoms with Crippen LogP contribution in [0.3, 0.4) is 0 Å². The van der Waals surface area contributed by atoms with Crippen molar-refractivity contribution in [3.8, 4) is 0 Å². The van der Waals surface area contributed by atoms with Crippen LogP contribution in [0.5, 0.6) is 0 Å². The van der Waals surface area contributed by atoms with Gasteiger partial charge in [-0.05, 0) is 43.6 Å². The molecule has 1 heteroatoms. The fraction of sp³-hybridized carbons (Fsp3) is 0.818. The molecule has 2 rings (SSSR count). The van der Waals surface area contributed by atoms with Crippen LogP contribution in [0.25, 0.3) is 0 Å². The summed E-state index contributed by atoms with van der Waals surface area (Å²) in [5.74, 6) is 1.20. The first kappa shape index (κ1) is 8.31. The maximum Gasteiger partial charge on any atom is 0.0781 e. The highest BCUT2D eigenvalue weighted by atomic mass is 16.3. The first-order chi connectivity index (χ1) is 5.72. The van der Waals surface area contributed by atoms with Crippen LogP contribution >= 0.6 is 0 Å². The van der Waals surface area contributed by atoms with Crippen LogP contribution in [0.4, 0.5) is 0 Å². The van der Waals surface area contributed by atoms with Gasteiger partial charge in [0.05, 0.1) is 6.10 Å². The van der Waals surface area contributed by atoms with Crippen molar-refractivity contribution < 1.29 is 5.11 Å². The molecule has 0 spiro atoms. The summed E-state index contributed by atoms with van der Waals surface area (Å²) in [6.45, 7) is 4.30. The van der Waals surface area contributed by atoms with Crippen molar-refractivity contribution in [3.05, 3.63) is 11.1 Å². The van der Waals surface area contributed by atoms with E-state index in [4.69, 9.17) is 0 Å². The third kappa shape index (κ3) is 1.03. The predicted molar refractivity (Wildman–Crippen MR) is 49.8 cm³/mol. The molecule has 2 aliphatic rings. The summed E-state index contributed by atoms with van der Waals surface area (Å²) in [7, 11) is 0. The third-order valence-corrected chi connectivity index (χ3v) is 3.74. The fourth-order valence-corrected chi connectivity index (χ4v) is 2.91. The quantitative estimate of drug-likeness (QED) is 0.548. The molecule has 0 aromatic carbocycles. The molecule has 0 amide bonds. The Kier molecular flexibility index (Phi) is 1.99. The number of fused-ring (bicyclic) bond motifs is 1. The summed E-state index contributed by atoms with van der Waals surface area (Å²) in [5, 5.41) is 9.84. The van der Waals surface area contributed by atoms with Gasteiger partial charge in [0, 0.05) is 0 Å². The van der Waals surface area contributed by atoms with E-state index in [-0.39, 0.29) is 6.10 Å². The van der Waals surface area contributed by atoms with Gasteiger partial charge < -0.3 is 5.11 Å². The van der Waals surface area contributed by atoms with Crippen molar-refractivity contribution in [2.75, 3.05) is 0 Å². The topological polar surface area (TPSA) is 20.2 Å². The lowest BCUT2D eigenvalue weighted by molar-refractivity contribution is 0.138. The molecule has 0 bridgehead atoms. The number of hydrogen-bond acceptors (Lipinski definition) is 1. The van der Waals surface area contributed by atoms with E-state index in [1.807, 2.05) is 0 Å². The molecule has 1 nitrogen and oxygen atoms in total. The highest BCUT2D eigenvalue weighted by molar-refractivity contribution is 5.28. The molecule has 68 valence electrons. The molecule has 0 heterocycles. The molecular formula is C11H18O. The molecule has 1 saturated carbocycles. The molecule has 0 aliphatic heterocycles. The van der Waals surface area contributed by atoms with Crippen molar-refractivity contribution >= 4 is 0 Å². The summed E-state index contributed by atoms with van der Waals surface area (Å²) < 4.78 is 0. The first-order valence-corrected chi connectivity index (χ1v) is 5.09. The van der Waals surface area contributed by atoms with Crippen LogP contribution in [0.2, 0.25) is 0 Å². The number of allylic oxidation sites excluding steroid dienone is 1. The molecule has 0 aromatic rings. The smallest absolute Gasteiger partial charge is 0.0781 e. The van der Waals surface area contributed by atoms with Gasteiger partial charge in [-0.1, -0.05) is 18.9 Å². The largest absolute Gasteiger partial charge is 0.388 e. The Morgan fingerprint density at radius 1 is 1.33 bits per heavy atom. The zero-order chi connectivity index (χ0) is 8.72. The summed E-state index contributed by atoms with van der Waals surface area (Å²) in [5.41, 5.74) is 2.87. The predicted octanol–water partition coefficient (Wildman–Crippen LogP) is 2.50. The van der Waals surface area contributed by atoms with Gasteiger partial charge in [-0.3, -0.25) is 0 Å². The third-order valence-electron chi connectivity index (χ3n) is 3.74. The Morgan fingerprint density at radius 2 is 2.08 bits per heavy atom. The lowest BCUT2D eigenvalue weighted by atomic mass is 9.81. The van der Waals surface area contributed by atoms with E-state index in [0.717, 1.165) is 0 Å². The van der Waals surface area contributed by atoms with Crippen LogP contribution in [0.15, 0.2) is 11.1 Å². The van der Waals surface area contributed by atoms with Crippen LogP contribution in [0, 0.1) is 11.8 Å². The molecule has 1 fully saturated rings. The van der Waals surface area contributed by atoms with Crippen molar-refractivity contribution in [2.45, 2.75) is 45.6 Å². The van der Waals surface area contributed by atoms with E-state index < -0.39 is 0 Å². The van der Waals surface area contributed by atoms with Gasteiger partial charge in [0.25, 0.3) is 0 Å². The van der Waals surface area contributed by atoms with Crippen molar-refractivity contribution in [1.29, 1.82) is 0 Å². The molecule has 0 saturated heterocycles. The minimum Gasteiger partial charge on any atom is -0.388 e. The van der Waals surface area contributed by atoms with Crippen molar-refractivity contribution in [3.63, 3.8) is 0 Å². The van der Waals surface area contributed by atoms with Gasteiger partial charge in [-0.25, -0.2) is 0 Å². The number of aliphatic hydroxyl groups excluding tert-OH is 1. The minimum atomic E-state index is -0.136. The average Bonchev–Trinajstić information content (AvgIpc) is 2.33. The van der Waals surface area contributed by atoms with Gasteiger partial charge in [0.15, 0.2) is 0 Å². The second-order valence-corrected chi connectivity index (χ2v) is 4.36. The molecule has 0 aromatic heterocycles. The molecule has 3 atom stereocenters. The van der Waals surface area contributed by atoms with Gasteiger partial charge in [-0.15, -0.1) is 0 Å². The maximum absolute atomic E-state index is 9.84. The van der Waals surface area contributed by atoms with Gasteiger partial charge >= 0.3 is 0 Å². The molecule has 1 N–H and O–H groups in total. The van der Waals surface area contributed by atoms with E-state index in [1.54, 1.807) is 5.57 Å². The Bertz CT molecular complexity index is 217. The highest BCUT2D eigenvalue weighted by Gasteiger charge is 2.37. The molecule has 0 radical (unpaired) electrons. The van der Waals surface area contributed by atoms with E-state index in [9.17, 15) is 5.11 Å². The van der Waals surface area contributed by atoms with Crippen molar-refractivity contribution in [2.24, 2.45) is 11.8 Å². The molecular weight excluding hydrogens is 148 g/mol. The minimum absolute atomic E-state index is 0.136. The Morgan fingerprint density at radius 3 is 2.75 bits per heavy atom. The number of hydrogen-bond donors (Lipinski definition) is 1. The Hall–Kier alpha value is -0.300. The van der Waals surface area contributed by atoms with Gasteiger partial charge in [0.2, 0.25) is 0 Å². The van der Waals surface area contributed by atoms with E-state index in [1.165, 1.54) is 31.3 Å². The van der Waals surface area contributed by atoms with Crippen LogP contribution in [-0.4, -0.2) is 11.2 Å². The molecule has 3 unspecified atom stereocenters. The van der Waals surface area contributed by atoms with E-state index in [0.29, 0.717) is 11.8 Å².